The zero-order chi connectivity index (χ0) is 14.8. The van der Waals surface area contributed by atoms with E-state index in [0.29, 0.717) is 30.3 Å². The lowest BCUT2D eigenvalue weighted by atomic mass is 10.3. The summed E-state index contributed by atoms with van der Waals surface area (Å²) in [5.74, 6) is 0.681. The third-order valence-corrected chi connectivity index (χ3v) is 3.39. The second kappa shape index (κ2) is 12.1. The predicted molar refractivity (Wildman–Crippen MR) is 92.7 cm³/mol. The van der Waals surface area contributed by atoms with E-state index in [9.17, 15) is 4.79 Å². The number of rotatable bonds is 9. The number of halogens is 3. The van der Waals surface area contributed by atoms with Gasteiger partial charge in [-0.2, -0.15) is 0 Å². The average Bonchev–Trinajstić information content (AvgIpc) is 2.41. The first-order valence-corrected chi connectivity index (χ1v) is 7.86. The molecule has 0 aromatic heterocycles. The van der Waals surface area contributed by atoms with Gasteiger partial charge in [-0.25, -0.2) is 0 Å². The van der Waals surface area contributed by atoms with Gasteiger partial charge in [-0.1, -0.05) is 18.5 Å². The molecule has 0 bridgehead atoms. The highest BCUT2D eigenvalue weighted by Gasteiger charge is 2.04. The molecule has 1 aromatic carbocycles. The largest absolute Gasteiger partial charge is 0.492 e. The maximum atomic E-state index is 11.6. The molecular formula is C14H21BrCl2N2O2. The average molecular weight is 400 g/mol. The molecule has 4 nitrogen and oxygen atoms in total. The fourth-order valence-corrected chi connectivity index (χ4v) is 2.32. The maximum absolute atomic E-state index is 11.6. The molecule has 0 atom stereocenters. The monoisotopic (exact) mass is 398 g/mol. The molecule has 7 heteroatoms. The molecule has 0 aliphatic rings. The van der Waals surface area contributed by atoms with Crippen LogP contribution in [-0.4, -0.2) is 32.1 Å². The topological polar surface area (TPSA) is 50.4 Å². The summed E-state index contributed by atoms with van der Waals surface area (Å²) in [6.07, 6.45) is 1.43. The van der Waals surface area contributed by atoms with Crippen LogP contribution in [-0.2, 0) is 4.79 Å². The van der Waals surface area contributed by atoms with E-state index in [-0.39, 0.29) is 18.3 Å². The molecule has 0 saturated heterocycles. The van der Waals surface area contributed by atoms with E-state index in [4.69, 9.17) is 16.3 Å². The maximum Gasteiger partial charge on any atom is 0.223 e. The molecule has 0 fully saturated rings. The fourth-order valence-electron chi connectivity index (χ4n) is 1.53. The van der Waals surface area contributed by atoms with E-state index in [2.05, 4.69) is 33.5 Å². The number of nitrogens with one attached hydrogen (secondary N) is 2. The summed E-state index contributed by atoms with van der Waals surface area (Å²) in [4.78, 5) is 11.6. The van der Waals surface area contributed by atoms with Crippen LogP contribution >= 0.6 is 39.9 Å². The quantitative estimate of drug-likeness (QED) is 0.625. The zero-order valence-electron chi connectivity index (χ0n) is 12.0. The minimum atomic E-state index is -0.00613. The molecule has 0 heterocycles. The van der Waals surface area contributed by atoms with Crippen molar-refractivity contribution in [2.45, 2.75) is 19.8 Å². The molecule has 21 heavy (non-hydrogen) atoms. The van der Waals surface area contributed by atoms with Crippen LogP contribution in [0.4, 0.5) is 0 Å². The summed E-state index contributed by atoms with van der Waals surface area (Å²) in [5.41, 5.74) is 0. The molecule has 0 saturated carbocycles. The molecule has 1 rings (SSSR count). The van der Waals surface area contributed by atoms with Gasteiger partial charge in [0.05, 0.1) is 17.5 Å². The van der Waals surface area contributed by atoms with Crippen molar-refractivity contribution in [1.29, 1.82) is 0 Å². The lowest BCUT2D eigenvalue weighted by Gasteiger charge is -2.09. The smallest absolute Gasteiger partial charge is 0.223 e. The van der Waals surface area contributed by atoms with Crippen LogP contribution in [0.15, 0.2) is 22.7 Å². The van der Waals surface area contributed by atoms with Gasteiger partial charge in [-0.05, 0) is 47.1 Å². The predicted octanol–water partition coefficient (Wildman–Crippen LogP) is 3.41. The van der Waals surface area contributed by atoms with Crippen molar-refractivity contribution < 1.29 is 9.53 Å². The van der Waals surface area contributed by atoms with Crippen molar-refractivity contribution in [2.75, 3.05) is 26.2 Å². The van der Waals surface area contributed by atoms with Gasteiger partial charge in [0.1, 0.15) is 5.75 Å². The molecular weight excluding hydrogens is 379 g/mol. The summed E-state index contributed by atoms with van der Waals surface area (Å²) in [6, 6.07) is 5.29. The van der Waals surface area contributed by atoms with E-state index in [1.54, 1.807) is 18.2 Å². The summed E-state index contributed by atoms with van der Waals surface area (Å²) in [5, 5.41) is 6.70. The lowest BCUT2D eigenvalue weighted by Crippen LogP contribution is -2.32. The Balaban J connectivity index is 0.00000400. The van der Waals surface area contributed by atoms with E-state index < -0.39 is 0 Å². The van der Waals surface area contributed by atoms with Gasteiger partial charge in [-0.3, -0.25) is 4.79 Å². The van der Waals surface area contributed by atoms with Crippen LogP contribution < -0.4 is 15.4 Å². The van der Waals surface area contributed by atoms with Gasteiger partial charge in [0, 0.05) is 18.1 Å². The van der Waals surface area contributed by atoms with Crippen LogP contribution in [0.5, 0.6) is 5.75 Å². The number of amides is 1. The standard InChI is InChI=1S/C14H20BrClN2O2.ClH/c1-2-6-17-7-8-18-14(19)5-9-20-13-4-3-11(16)10-12(13)15;/h3-4,10,17H,2,5-9H2,1H3,(H,18,19);1H. The Labute approximate surface area is 145 Å². The minimum Gasteiger partial charge on any atom is -0.492 e. The van der Waals surface area contributed by atoms with E-state index in [1.807, 2.05) is 0 Å². The molecule has 120 valence electrons. The van der Waals surface area contributed by atoms with Crippen molar-refractivity contribution in [1.82, 2.24) is 10.6 Å². The van der Waals surface area contributed by atoms with Crippen LogP contribution in [0, 0.1) is 0 Å². The molecule has 1 amide bonds. The van der Waals surface area contributed by atoms with E-state index in [1.165, 1.54) is 0 Å². The highest BCUT2D eigenvalue weighted by molar-refractivity contribution is 9.10. The first-order valence-electron chi connectivity index (χ1n) is 6.68. The number of carbonyl (C=O) groups is 1. The third-order valence-electron chi connectivity index (χ3n) is 2.53. The summed E-state index contributed by atoms with van der Waals surface area (Å²) in [6.45, 7) is 4.86. The normalized spacial score (nSPS) is 9.86. The van der Waals surface area contributed by atoms with Gasteiger partial charge in [0.15, 0.2) is 0 Å². The summed E-state index contributed by atoms with van der Waals surface area (Å²) >= 11 is 9.20. The molecule has 2 N–H and O–H groups in total. The van der Waals surface area contributed by atoms with Crippen molar-refractivity contribution in [3.05, 3.63) is 27.7 Å². The Morgan fingerprint density at radius 3 is 2.76 bits per heavy atom. The van der Waals surface area contributed by atoms with Crippen molar-refractivity contribution in [2.24, 2.45) is 0 Å². The Morgan fingerprint density at radius 1 is 1.33 bits per heavy atom. The van der Waals surface area contributed by atoms with Crippen molar-refractivity contribution in [3.8, 4) is 5.75 Å². The number of carbonyl (C=O) groups excluding carboxylic acids is 1. The van der Waals surface area contributed by atoms with Crippen molar-refractivity contribution in [3.63, 3.8) is 0 Å². The van der Waals surface area contributed by atoms with Crippen LogP contribution in [0.2, 0.25) is 5.02 Å². The molecule has 0 spiro atoms. The molecule has 0 aliphatic heterocycles. The Hall–Kier alpha value is -0.490. The second-order valence-corrected chi connectivity index (χ2v) is 5.56. The Morgan fingerprint density at radius 2 is 2.10 bits per heavy atom. The summed E-state index contributed by atoms with van der Waals surface area (Å²) in [7, 11) is 0. The minimum absolute atomic E-state index is 0. The first-order chi connectivity index (χ1) is 9.63. The van der Waals surface area contributed by atoms with Crippen LogP contribution in [0.1, 0.15) is 19.8 Å². The highest BCUT2D eigenvalue weighted by atomic mass is 79.9. The zero-order valence-corrected chi connectivity index (χ0v) is 15.1. The molecule has 1 aromatic rings. The molecule has 0 aliphatic carbocycles. The third kappa shape index (κ3) is 9.19. The van der Waals surface area contributed by atoms with E-state index >= 15 is 0 Å². The molecule has 0 unspecified atom stereocenters. The Bertz CT molecular complexity index is 433. The highest BCUT2D eigenvalue weighted by Crippen LogP contribution is 2.27. The van der Waals surface area contributed by atoms with Gasteiger partial charge in [0.25, 0.3) is 0 Å². The van der Waals surface area contributed by atoms with Crippen LogP contribution in [0.3, 0.4) is 0 Å². The van der Waals surface area contributed by atoms with Crippen molar-refractivity contribution >= 4 is 45.8 Å². The molecule has 0 radical (unpaired) electrons. The Kier molecular flexibility index (Phi) is 11.8. The number of ether oxygens (including phenoxy) is 1. The SMILES string of the molecule is CCCNCCNC(=O)CCOc1ccc(Cl)cc1Br.Cl. The number of benzene rings is 1. The second-order valence-electron chi connectivity index (χ2n) is 4.27. The first kappa shape index (κ1) is 20.5. The van der Waals surface area contributed by atoms with Gasteiger partial charge < -0.3 is 15.4 Å². The van der Waals surface area contributed by atoms with Gasteiger partial charge in [0.2, 0.25) is 5.91 Å². The number of hydrogen-bond donors (Lipinski definition) is 2. The van der Waals surface area contributed by atoms with E-state index in [0.717, 1.165) is 24.0 Å². The van der Waals surface area contributed by atoms with Gasteiger partial charge >= 0.3 is 0 Å². The van der Waals surface area contributed by atoms with Crippen LogP contribution in [0.25, 0.3) is 0 Å². The van der Waals surface area contributed by atoms with Gasteiger partial charge in [-0.15, -0.1) is 12.4 Å². The number of hydrogen-bond acceptors (Lipinski definition) is 3. The fraction of sp³-hybridized carbons (Fsp3) is 0.500. The summed E-state index contributed by atoms with van der Waals surface area (Å²) < 4.78 is 6.31. The lowest BCUT2D eigenvalue weighted by molar-refractivity contribution is -0.121.